The fraction of sp³-hybridized carbons (Fsp3) is 0.684. The average Bonchev–Trinajstić information content (AvgIpc) is 2.50. The van der Waals surface area contributed by atoms with Gasteiger partial charge in [-0.1, -0.05) is 76.8 Å². The van der Waals surface area contributed by atoms with Crippen LogP contribution in [0.5, 0.6) is 0 Å². The van der Waals surface area contributed by atoms with E-state index in [1.807, 2.05) is 0 Å². The highest BCUT2D eigenvalue weighted by atomic mass is 16.0. The van der Waals surface area contributed by atoms with Gasteiger partial charge in [0.15, 0.2) is 0 Å². The fourth-order valence-electron chi connectivity index (χ4n) is 3.14. The largest absolute Gasteiger partial charge is 0.412 e. The van der Waals surface area contributed by atoms with Crippen molar-refractivity contribution in [3.8, 4) is 0 Å². The smallest absolute Gasteiger partial charge is 0.0180 e. The Morgan fingerprint density at radius 3 is 2.10 bits per heavy atom. The third-order valence-electron chi connectivity index (χ3n) is 4.86. The summed E-state index contributed by atoms with van der Waals surface area (Å²) >= 11 is 0. The molecule has 0 saturated heterocycles. The first-order chi connectivity index (χ1) is 9.66. The minimum atomic E-state index is 0. The minimum Gasteiger partial charge on any atom is -0.412 e. The Bertz CT molecular complexity index is 346. The first kappa shape index (κ1) is 20.1. The lowest BCUT2D eigenvalue weighted by molar-refractivity contribution is 0.229. The van der Waals surface area contributed by atoms with Crippen LogP contribution in [0.1, 0.15) is 71.3 Å². The predicted octanol–water partition coefficient (Wildman–Crippen LogP) is 4.51. The molecular formula is C19H35NO. The van der Waals surface area contributed by atoms with E-state index in [1.54, 1.807) is 0 Å². The van der Waals surface area contributed by atoms with E-state index in [0.29, 0.717) is 5.92 Å². The van der Waals surface area contributed by atoms with Crippen LogP contribution in [-0.2, 0) is 6.42 Å². The monoisotopic (exact) mass is 293 g/mol. The maximum atomic E-state index is 6.70. The lowest BCUT2D eigenvalue weighted by atomic mass is 9.74. The van der Waals surface area contributed by atoms with Gasteiger partial charge < -0.3 is 11.2 Å². The van der Waals surface area contributed by atoms with Crippen LogP contribution in [0.25, 0.3) is 0 Å². The SMILES string of the molecule is CCCCCCC(Cc1ccccc1)C(N)(CC)CC.O. The molecule has 0 radical (unpaired) electrons. The standard InChI is InChI=1S/C19H33N.H2O/c1-4-7-8-12-15-18(19(20,5-2)6-3)16-17-13-10-9-11-14-17;/h9-11,13-14,18H,4-8,12,15-16,20H2,1-3H3;1H2. The molecule has 0 saturated carbocycles. The number of unbranched alkanes of at least 4 members (excludes halogenated alkanes) is 3. The van der Waals surface area contributed by atoms with Gasteiger partial charge >= 0.3 is 0 Å². The molecule has 4 N–H and O–H groups in total. The van der Waals surface area contributed by atoms with Crippen molar-refractivity contribution in [3.63, 3.8) is 0 Å². The summed E-state index contributed by atoms with van der Waals surface area (Å²) < 4.78 is 0. The molecular weight excluding hydrogens is 258 g/mol. The predicted molar refractivity (Wildman–Crippen MR) is 93.5 cm³/mol. The first-order valence-corrected chi connectivity index (χ1v) is 8.49. The van der Waals surface area contributed by atoms with E-state index in [0.717, 1.165) is 19.3 Å². The van der Waals surface area contributed by atoms with E-state index in [4.69, 9.17) is 5.73 Å². The van der Waals surface area contributed by atoms with Gasteiger partial charge in [-0.05, 0) is 37.2 Å². The van der Waals surface area contributed by atoms with Gasteiger partial charge in [-0.15, -0.1) is 0 Å². The van der Waals surface area contributed by atoms with Gasteiger partial charge in [0.25, 0.3) is 0 Å². The number of benzene rings is 1. The molecule has 0 amide bonds. The molecule has 0 heterocycles. The summed E-state index contributed by atoms with van der Waals surface area (Å²) in [5, 5.41) is 0. The Balaban J connectivity index is 0.00000400. The van der Waals surface area contributed by atoms with Crippen LogP contribution in [0.2, 0.25) is 0 Å². The average molecular weight is 293 g/mol. The molecule has 1 aromatic carbocycles. The molecule has 0 aliphatic carbocycles. The van der Waals surface area contributed by atoms with E-state index in [-0.39, 0.29) is 11.0 Å². The van der Waals surface area contributed by atoms with E-state index in [1.165, 1.54) is 37.7 Å². The molecule has 1 aromatic rings. The number of nitrogens with two attached hydrogens (primary N) is 1. The van der Waals surface area contributed by atoms with Crippen molar-refractivity contribution in [3.05, 3.63) is 35.9 Å². The Labute approximate surface area is 131 Å². The van der Waals surface area contributed by atoms with Crippen molar-refractivity contribution < 1.29 is 5.48 Å². The lowest BCUT2D eigenvalue weighted by Crippen LogP contribution is -2.47. The van der Waals surface area contributed by atoms with Crippen molar-refractivity contribution in [1.29, 1.82) is 0 Å². The van der Waals surface area contributed by atoms with Crippen LogP contribution < -0.4 is 5.73 Å². The Morgan fingerprint density at radius 2 is 1.57 bits per heavy atom. The molecule has 0 aliphatic heterocycles. The molecule has 0 spiro atoms. The Morgan fingerprint density at radius 1 is 0.952 bits per heavy atom. The van der Waals surface area contributed by atoms with Gasteiger partial charge in [0.05, 0.1) is 0 Å². The zero-order valence-electron chi connectivity index (χ0n) is 14.2. The summed E-state index contributed by atoms with van der Waals surface area (Å²) in [5.41, 5.74) is 8.14. The highest BCUT2D eigenvalue weighted by Gasteiger charge is 2.30. The van der Waals surface area contributed by atoms with E-state index < -0.39 is 0 Å². The van der Waals surface area contributed by atoms with Crippen molar-refractivity contribution in [2.24, 2.45) is 11.7 Å². The summed E-state index contributed by atoms with van der Waals surface area (Å²) in [4.78, 5) is 0. The van der Waals surface area contributed by atoms with Crippen LogP contribution in [-0.4, -0.2) is 11.0 Å². The number of hydrogen-bond acceptors (Lipinski definition) is 1. The maximum Gasteiger partial charge on any atom is 0.0180 e. The summed E-state index contributed by atoms with van der Waals surface area (Å²) in [5.74, 6) is 0.608. The quantitative estimate of drug-likeness (QED) is 0.634. The van der Waals surface area contributed by atoms with E-state index >= 15 is 0 Å². The first-order valence-electron chi connectivity index (χ1n) is 8.49. The number of hydrogen-bond donors (Lipinski definition) is 1. The normalized spacial score (nSPS) is 12.8. The van der Waals surface area contributed by atoms with Crippen LogP contribution in [0.15, 0.2) is 30.3 Å². The Kier molecular flexibility index (Phi) is 10.4. The van der Waals surface area contributed by atoms with Crippen molar-refractivity contribution in [2.75, 3.05) is 0 Å². The highest BCUT2D eigenvalue weighted by molar-refractivity contribution is 5.16. The third-order valence-corrected chi connectivity index (χ3v) is 4.86. The molecule has 0 fully saturated rings. The minimum absolute atomic E-state index is 0. The second-order valence-corrected chi connectivity index (χ2v) is 6.18. The highest BCUT2D eigenvalue weighted by Crippen LogP contribution is 2.30. The molecule has 0 aliphatic rings. The molecule has 21 heavy (non-hydrogen) atoms. The van der Waals surface area contributed by atoms with Crippen molar-refractivity contribution >= 4 is 0 Å². The molecule has 0 bridgehead atoms. The van der Waals surface area contributed by atoms with Gasteiger partial charge in [-0.3, -0.25) is 0 Å². The van der Waals surface area contributed by atoms with Crippen LogP contribution in [0, 0.1) is 5.92 Å². The van der Waals surface area contributed by atoms with Crippen molar-refractivity contribution in [1.82, 2.24) is 0 Å². The fourth-order valence-corrected chi connectivity index (χ4v) is 3.14. The molecule has 1 rings (SSSR count). The molecule has 2 heteroatoms. The molecule has 2 nitrogen and oxygen atoms in total. The van der Waals surface area contributed by atoms with Crippen LogP contribution in [0.4, 0.5) is 0 Å². The summed E-state index contributed by atoms with van der Waals surface area (Å²) in [7, 11) is 0. The van der Waals surface area contributed by atoms with Crippen molar-refractivity contribution in [2.45, 2.75) is 77.7 Å². The van der Waals surface area contributed by atoms with Gasteiger partial charge in [0.2, 0.25) is 0 Å². The van der Waals surface area contributed by atoms with Gasteiger partial charge in [-0.2, -0.15) is 0 Å². The van der Waals surface area contributed by atoms with Gasteiger partial charge in [0.1, 0.15) is 0 Å². The Hall–Kier alpha value is -0.860. The van der Waals surface area contributed by atoms with Crippen LogP contribution in [0.3, 0.4) is 0 Å². The second-order valence-electron chi connectivity index (χ2n) is 6.18. The zero-order valence-corrected chi connectivity index (χ0v) is 14.2. The number of rotatable bonds is 10. The topological polar surface area (TPSA) is 57.5 Å². The zero-order chi connectivity index (χ0) is 14.8. The molecule has 122 valence electrons. The van der Waals surface area contributed by atoms with E-state index in [9.17, 15) is 0 Å². The lowest BCUT2D eigenvalue weighted by Gasteiger charge is -2.36. The summed E-state index contributed by atoms with van der Waals surface area (Å²) in [6.07, 6.45) is 9.89. The van der Waals surface area contributed by atoms with E-state index in [2.05, 4.69) is 51.1 Å². The molecule has 0 aromatic heterocycles. The molecule has 1 unspecified atom stereocenters. The van der Waals surface area contributed by atoms with Gasteiger partial charge in [-0.25, -0.2) is 0 Å². The van der Waals surface area contributed by atoms with Gasteiger partial charge in [0, 0.05) is 5.54 Å². The third kappa shape index (κ3) is 6.62. The van der Waals surface area contributed by atoms with Crippen LogP contribution >= 0.6 is 0 Å². The molecule has 1 atom stereocenters. The maximum absolute atomic E-state index is 6.70. The second kappa shape index (κ2) is 10.8. The summed E-state index contributed by atoms with van der Waals surface area (Å²) in [6, 6.07) is 10.9. The summed E-state index contributed by atoms with van der Waals surface area (Å²) in [6.45, 7) is 6.76.